The monoisotopic (exact) mass is 263 g/mol. The Labute approximate surface area is 113 Å². The number of nitrogens with zero attached hydrogens (tertiary/aromatic N) is 2. The van der Waals surface area contributed by atoms with Crippen molar-refractivity contribution in [3.8, 4) is 5.75 Å². The Kier molecular flexibility index (Phi) is 4.14. The fourth-order valence-electron chi connectivity index (χ4n) is 2.28. The Bertz CT molecular complexity index is 462. The number of nitrogen functional groups attached to an aromatic ring is 1. The summed E-state index contributed by atoms with van der Waals surface area (Å²) in [6, 6.07) is 5.72. The van der Waals surface area contributed by atoms with Crippen LogP contribution in [0.4, 0.5) is 11.4 Å². The zero-order chi connectivity index (χ0) is 13.8. The molecule has 0 saturated carbocycles. The summed E-state index contributed by atoms with van der Waals surface area (Å²) in [6.45, 7) is 2.46. The third-order valence-electron chi connectivity index (χ3n) is 3.53. The Morgan fingerprint density at radius 1 is 1.47 bits per heavy atom. The van der Waals surface area contributed by atoms with Crippen LogP contribution in [-0.4, -0.2) is 44.6 Å². The lowest BCUT2D eigenvalue weighted by molar-refractivity contribution is -0.127. The summed E-state index contributed by atoms with van der Waals surface area (Å²) in [5.41, 5.74) is 7.47. The molecule has 1 fully saturated rings. The quantitative estimate of drug-likeness (QED) is 0.814. The van der Waals surface area contributed by atoms with E-state index in [0.717, 1.165) is 31.7 Å². The number of ether oxygens (including phenoxy) is 1. The third-order valence-corrected chi connectivity index (χ3v) is 3.53. The zero-order valence-electron chi connectivity index (χ0n) is 11.6. The van der Waals surface area contributed by atoms with E-state index < -0.39 is 0 Å². The van der Waals surface area contributed by atoms with Gasteiger partial charge in [-0.25, -0.2) is 0 Å². The topological polar surface area (TPSA) is 58.8 Å². The molecule has 1 aromatic carbocycles. The first-order chi connectivity index (χ1) is 9.11. The van der Waals surface area contributed by atoms with Crippen LogP contribution in [0.25, 0.3) is 0 Å². The van der Waals surface area contributed by atoms with Crippen LogP contribution >= 0.6 is 0 Å². The maximum atomic E-state index is 11.5. The van der Waals surface area contributed by atoms with Crippen molar-refractivity contribution in [2.75, 3.05) is 44.4 Å². The number of rotatable bonds is 5. The van der Waals surface area contributed by atoms with Crippen molar-refractivity contribution in [1.82, 2.24) is 4.90 Å². The van der Waals surface area contributed by atoms with Crippen molar-refractivity contribution < 1.29 is 9.53 Å². The lowest BCUT2D eigenvalue weighted by atomic mass is 10.2. The van der Waals surface area contributed by atoms with Gasteiger partial charge in [-0.3, -0.25) is 4.79 Å². The number of hydrogen-bond acceptors (Lipinski definition) is 4. The first-order valence-corrected chi connectivity index (χ1v) is 6.54. The molecule has 0 spiro atoms. The highest BCUT2D eigenvalue weighted by Crippen LogP contribution is 2.26. The molecule has 2 N–H and O–H groups in total. The molecule has 2 rings (SSSR count). The number of likely N-dealkylation sites (N-methyl/N-ethyl adjacent to an activating group) is 1. The number of hydrogen-bond donors (Lipinski definition) is 1. The largest absolute Gasteiger partial charge is 0.495 e. The molecule has 0 bridgehead atoms. The van der Waals surface area contributed by atoms with Crippen LogP contribution < -0.4 is 15.4 Å². The minimum Gasteiger partial charge on any atom is -0.495 e. The van der Waals surface area contributed by atoms with E-state index in [1.807, 2.05) is 30.1 Å². The zero-order valence-corrected chi connectivity index (χ0v) is 11.6. The van der Waals surface area contributed by atoms with Gasteiger partial charge in [0.1, 0.15) is 5.75 Å². The van der Waals surface area contributed by atoms with E-state index in [0.29, 0.717) is 17.9 Å². The van der Waals surface area contributed by atoms with Crippen molar-refractivity contribution in [2.45, 2.75) is 12.8 Å². The molecular weight excluding hydrogens is 242 g/mol. The van der Waals surface area contributed by atoms with Gasteiger partial charge in [-0.1, -0.05) is 0 Å². The van der Waals surface area contributed by atoms with Crippen molar-refractivity contribution in [1.29, 1.82) is 0 Å². The highest BCUT2D eigenvalue weighted by Gasteiger charge is 2.19. The van der Waals surface area contributed by atoms with E-state index in [1.165, 1.54) is 0 Å². The molecule has 1 aliphatic heterocycles. The van der Waals surface area contributed by atoms with Gasteiger partial charge in [-0.2, -0.15) is 0 Å². The second-order valence-corrected chi connectivity index (χ2v) is 4.83. The highest BCUT2D eigenvalue weighted by molar-refractivity contribution is 5.78. The Balaban J connectivity index is 1.95. The second-order valence-electron chi connectivity index (χ2n) is 4.83. The van der Waals surface area contributed by atoms with Crippen LogP contribution in [0.15, 0.2) is 18.2 Å². The van der Waals surface area contributed by atoms with E-state index in [2.05, 4.69) is 4.90 Å². The van der Waals surface area contributed by atoms with Gasteiger partial charge in [-0.05, 0) is 18.6 Å². The van der Waals surface area contributed by atoms with E-state index in [1.54, 1.807) is 7.11 Å². The van der Waals surface area contributed by atoms with Crippen molar-refractivity contribution >= 4 is 17.3 Å². The normalized spacial score (nSPS) is 14.8. The predicted octanol–water partition coefficient (Wildman–Crippen LogP) is 1.34. The molecule has 5 heteroatoms. The smallest absolute Gasteiger partial charge is 0.222 e. The van der Waals surface area contributed by atoms with Crippen LogP contribution in [0.5, 0.6) is 5.75 Å². The summed E-state index contributed by atoms with van der Waals surface area (Å²) in [6.07, 6.45) is 1.68. The van der Waals surface area contributed by atoms with E-state index in [9.17, 15) is 4.79 Å². The molecular formula is C14H21N3O2. The van der Waals surface area contributed by atoms with Gasteiger partial charge < -0.3 is 20.3 Å². The summed E-state index contributed by atoms with van der Waals surface area (Å²) < 4.78 is 5.21. The minimum atomic E-state index is 0.267. The number of carbonyl (C=O) groups is 1. The molecule has 1 aliphatic rings. The van der Waals surface area contributed by atoms with Crippen LogP contribution in [-0.2, 0) is 4.79 Å². The molecule has 0 radical (unpaired) electrons. The molecule has 5 nitrogen and oxygen atoms in total. The molecule has 0 atom stereocenters. The van der Waals surface area contributed by atoms with E-state index >= 15 is 0 Å². The Morgan fingerprint density at radius 3 is 2.89 bits per heavy atom. The van der Waals surface area contributed by atoms with Gasteiger partial charge in [0.2, 0.25) is 5.91 Å². The molecule has 104 valence electrons. The molecule has 1 saturated heterocycles. The number of amides is 1. The maximum absolute atomic E-state index is 11.5. The van der Waals surface area contributed by atoms with E-state index in [4.69, 9.17) is 10.5 Å². The predicted molar refractivity (Wildman–Crippen MR) is 76.5 cm³/mol. The number of methoxy groups -OCH3 is 1. The number of likely N-dealkylation sites (tertiary alicyclic amines) is 1. The summed E-state index contributed by atoms with van der Waals surface area (Å²) in [4.78, 5) is 15.6. The SMILES string of the molecule is COc1cc(N(C)CCN2CCCC2=O)ccc1N. The minimum absolute atomic E-state index is 0.267. The van der Waals surface area contributed by atoms with Gasteiger partial charge in [0.05, 0.1) is 12.8 Å². The highest BCUT2D eigenvalue weighted by atomic mass is 16.5. The average Bonchev–Trinajstić information content (AvgIpc) is 2.82. The summed E-state index contributed by atoms with van der Waals surface area (Å²) in [5.74, 6) is 0.949. The lowest BCUT2D eigenvalue weighted by Crippen LogP contribution is -2.33. The molecule has 0 unspecified atom stereocenters. The molecule has 0 aliphatic carbocycles. The van der Waals surface area contributed by atoms with Crippen LogP contribution in [0.3, 0.4) is 0 Å². The molecule has 1 aromatic rings. The number of carbonyl (C=O) groups excluding carboxylic acids is 1. The number of anilines is 2. The van der Waals surface area contributed by atoms with Crippen molar-refractivity contribution in [3.63, 3.8) is 0 Å². The van der Waals surface area contributed by atoms with Crippen molar-refractivity contribution in [3.05, 3.63) is 18.2 Å². The fraction of sp³-hybridized carbons (Fsp3) is 0.500. The number of benzene rings is 1. The molecule has 0 aromatic heterocycles. The standard InChI is InChI=1S/C14H21N3O2/c1-16(8-9-17-7-3-4-14(17)18)11-5-6-12(15)13(10-11)19-2/h5-6,10H,3-4,7-9,15H2,1-2H3. The first-order valence-electron chi connectivity index (χ1n) is 6.54. The molecule has 1 amide bonds. The van der Waals surface area contributed by atoms with E-state index in [-0.39, 0.29) is 5.91 Å². The maximum Gasteiger partial charge on any atom is 0.222 e. The van der Waals surface area contributed by atoms with Gasteiger partial charge in [0.25, 0.3) is 0 Å². The summed E-state index contributed by atoms with van der Waals surface area (Å²) >= 11 is 0. The fourth-order valence-corrected chi connectivity index (χ4v) is 2.28. The van der Waals surface area contributed by atoms with Gasteiger partial charge in [0, 0.05) is 44.9 Å². The average molecular weight is 263 g/mol. The molecule has 1 heterocycles. The van der Waals surface area contributed by atoms with Crippen LogP contribution in [0, 0.1) is 0 Å². The second kappa shape index (κ2) is 5.82. The summed E-state index contributed by atoms with van der Waals surface area (Å²) in [5, 5.41) is 0. The Hall–Kier alpha value is -1.91. The van der Waals surface area contributed by atoms with Gasteiger partial charge in [0.15, 0.2) is 0 Å². The first kappa shape index (κ1) is 13.5. The van der Waals surface area contributed by atoms with Crippen LogP contribution in [0.1, 0.15) is 12.8 Å². The van der Waals surface area contributed by atoms with Crippen molar-refractivity contribution in [2.24, 2.45) is 0 Å². The van der Waals surface area contributed by atoms with Gasteiger partial charge in [-0.15, -0.1) is 0 Å². The third kappa shape index (κ3) is 3.10. The van der Waals surface area contributed by atoms with Gasteiger partial charge >= 0.3 is 0 Å². The summed E-state index contributed by atoms with van der Waals surface area (Å²) in [7, 11) is 3.61. The molecule has 19 heavy (non-hydrogen) atoms. The Morgan fingerprint density at radius 2 is 2.26 bits per heavy atom. The number of nitrogens with two attached hydrogens (primary N) is 1. The lowest BCUT2D eigenvalue weighted by Gasteiger charge is -2.24. The van der Waals surface area contributed by atoms with Crippen LogP contribution in [0.2, 0.25) is 0 Å².